The van der Waals surface area contributed by atoms with E-state index in [2.05, 4.69) is 63.9 Å². The molecule has 0 unspecified atom stereocenters. The van der Waals surface area contributed by atoms with Crippen molar-refractivity contribution in [3.8, 4) is 0 Å². The first-order valence-corrected chi connectivity index (χ1v) is 10.9. The van der Waals surface area contributed by atoms with Crippen molar-refractivity contribution in [1.82, 2.24) is 25.5 Å². The predicted octanol–water partition coefficient (Wildman–Crippen LogP) is 1.50. The van der Waals surface area contributed by atoms with Crippen LogP contribution in [-0.2, 0) is 5.54 Å². The fourth-order valence-electron chi connectivity index (χ4n) is 4.91. The highest BCUT2D eigenvalue weighted by Gasteiger charge is 2.50. The zero-order valence-corrected chi connectivity index (χ0v) is 18.5. The van der Waals surface area contributed by atoms with E-state index in [1.807, 2.05) is 6.07 Å². The Morgan fingerprint density at radius 2 is 1.81 bits per heavy atom. The van der Waals surface area contributed by atoms with Crippen LogP contribution in [0.4, 0.5) is 10.5 Å². The number of rotatable bonds is 6. The number of aliphatic hydroxyl groups is 1. The van der Waals surface area contributed by atoms with Crippen molar-refractivity contribution in [2.24, 2.45) is 0 Å². The quantitative estimate of drug-likeness (QED) is 0.630. The van der Waals surface area contributed by atoms with Crippen LogP contribution in [-0.4, -0.2) is 71.2 Å². The van der Waals surface area contributed by atoms with Crippen LogP contribution < -0.4 is 15.5 Å². The van der Waals surface area contributed by atoms with Gasteiger partial charge in [0.15, 0.2) is 0 Å². The van der Waals surface area contributed by atoms with Gasteiger partial charge in [0.2, 0.25) is 5.82 Å². The van der Waals surface area contributed by atoms with E-state index in [1.165, 1.54) is 18.0 Å². The fraction of sp³-hybridized carbons (Fsp3) is 0.478. The third-order valence-corrected chi connectivity index (χ3v) is 6.83. The minimum atomic E-state index is -0.457. The van der Waals surface area contributed by atoms with Crippen LogP contribution in [0.15, 0.2) is 42.7 Å². The number of carbonyl (C=O) groups excluding carboxylic acids is 2. The van der Waals surface area contributed by atoms with Gasteiger partial charge in [-0.05, 0) is 45.3 Å². The summed E-state index contributed by atoms with van der Waals surface area (Å²) in [4.78, 5) is 36.9. The third-order valence-electron chi connectivity index (χ3n) is 6.83. The van der Waals surface area contributed by atoms with Crippen LogP contribution >= 0.6 is 0 Å². The Morgan fingerprint density at radius 3 is 2.41 bits per heavy atom. The monoisotopic (exact) mass is 438 g/mol. The smallest absolute Gasteiger partial charge is 0.322 e. The molecule has 2 fully saturated rings. The first-order valence-electron chi connectivity index (χ1n) is 10.9. The highest BCUT2D eigenvalue weighted by molar-refractivity contribution is 5.95. The van der Waals surface area contributed by atoms with Crippen molar-refractivity contribution in [2.45, 2.75) is 36.8 Å². The van der Waals surface area contributed by atoms with Gasteiger partial charge in [-0.25, -0.2) is 14.8 Å². The Kier molecular flexibility index (Phi) is 6.12. The average Bonchev–Trinajstić information content (AvgIpc) is 3.14. The number of carbonyl (C=O) groups is 2. The highest BCUT2D eigenvalue weighted by Crippen LogP contribution is 2.46. The lowest BCUT2D eigenvalue weighted by Gasteiger charge is -2.48. The Bertz CT molecular complexity index is 955. The average molecular weight is 439 g/mol. The van der Waals surface area contributed by atoms with E-state index in [9.17, 15) is 9.59 Å². The van der Waals surface area contributed by atoms with Crippen LogP contribution in [0.1, 0.15) is 41.9 Å². The second-order valence-electron chi connectivity index (χ2n) is 8.83. The molecule has 9 nitrogen and oxygen atoms in total. The number of anilines is 1. The molecular formula is C23H30N6O3. The zero-order valence-electron chi connectivity index (χ0n) is 18.5. The Labute approximate surface area is 187 Å². The van der Waals surface area contributed by atoms with Crippen LogP contribution in [0.5, 0.6) is 0 Å². The molecule has 1 saturated heterocycles. The molecule has 1 aromatic carbocycles. The largest absolute Gasteiger partial charge is 0.395 e. The molecule has 0 atom stereocenters. The van der Waals surface area contributed by atoms with E-state index in [0.717, 1.165) is 25.7 Å². The Hall–Kier alpha value is -3.04. The molecule has 2 heterocycles. The lowest BCUT2D eigenvalue weighted by Crippen LogP contribution is -2.54. The molecule has 4 rings (SSSR count). The molecule has 2 aromatic rings. The maximum atomic E-state index is 12.8. The summed E-state index contributed by atoms with van der Waals surface area (Å²) in [5.41, 5.74) is 1.54. The fourth-order valence-corrected chi connectivity index (χ4v) is 4.91. The van der Waals surface area contributed by atoms with Gasteiger partial charge in [0, 0.05) is 12.1 Å². The van der Waals surface area contributed by atoms with Gasteiger partial charge in [-0.3, -0.25) is 14.6 Å². The number of hydrogen-bond acceptors (Lipinski definition) is 6. The zero-order chi connectivity index (χ0) is 22.8. The summed E-state index contributed by atoms with van der Waals surface area (Å²) in [5.74, 6) is -0.450. The summed E-state index contributed by atoms with van der Waals surface area (Å²) >= 11 is 0. The van der Waals surface area contributed by atoms with Crippen molar-refractivity contribution >= 4 is 17.6 Å². The van der Waals surface area contributed by atoms with Gasteiger partial charge >= 0.3 is 6.03 Å². The highest BCUT2D eigenvalue weighted by atomic mass is 16.3. The Morgan fingerprint density at radius 1 is 1.16 bits per heavy atom. The minimum absolute atomic E-state index is 0.00723. The first kappa shape index (κ1) is 22.2. The van der Waals surface area contributed by atoms with Crippen LogP contribution in [0.2, 0.25) is 0 Å². The summed E-state index contributed by atoms with van der Waals surface area (Å²) in [6.07, 6.45) is 6.61. The number of nitrogens with zero attached hydrogens (tertiary/aromatic N) is 4. The summed E-state index contributed by atoms with van der Waals surface area (Å²) in [5, 5.41) is 14.5. The van der Waals surface area contributed by atoms with E-state index < -0.39 is 5.91 Å². The molecular weight excluding hydrogens is 408 g/mol. The van der Waals surface area contributed by atoms with Gasteiger partial charge in [0.05, 0.1) is 36.8 Å². The minimum Gasteiger partial charge on any atom is -0.395 e. The van der Waals surface area contributed by atoms with Gasteiger partial charge in [0.1, 0.15) is 0 Å². The molecule has 1 aliphatic carbocycles. The van der Waals surface area contributed by atoms with E-state index in [1.54, 1.807) is 4.90 Å². The standard InChI is InChI=1S/C23H30N6O3/c1-28(2)23(17-6-4-3-5-7-17)10-8-22(9-11-23)16-29(21(32)27-22)18-14-25-19(26-15-18)20(31)24-12-13-30/h3-7,14-15,30H,8-13,16H2,1-2H3,(H,24,31)(H,27,32)/t22-,23+. The molecule has 2 aliphatic rings. The number of urea groups is 1. The summed E-state index contributed by atoms with van der Waals surface area (Å²) in [7, 11) is 4.25. The molecule has 9 heteroatoms. The molecule has 1 saturated carbocycles. The molecule has 3 amide bonds. The maximum absolute atomic E-state index is 12.8. The number of nitrogens with one attached hydrogen (secondary N) is 2. The molecule has 170 valence electrons. The lowest BCUT2D eigenvalue weighted by atomic mass is 9.69. The number of amides is 3. The van der Waals surface area contributed by atoms with Crippen LogP contribution in [0, 0.1) is 0 Å². The summed E-state index contributed by atoms with van der Waals surface area (Å²) < 4.78 is 0. The molecule has 0 bridgehead atoms. The molecule has 1 aromatic heterocycles. The van der Waals surface area contributed by atoms with E-state index >= 15 is 0 Å². The third kappa shape index (κ3) is 4.05. The van der Waals surface area contributed by atoms with Crippen LogP contribution in [0.25, 0.3) is 0 Å². The number of aromatic nitrogens is 2. The normalized spacial score (nSPS) is 25.2. The first-order chi connectivity index (χ1) is 15.4. The van der Waals surface area contributed by atoms with Gasteiger partial charge in [-0.15, -0.1) is 0 Å². The van der Waals surface area contributed by atoms with Crippen molar-refractivity contribution in [3.63, 3.8) is 0 Å². The molecule has 0 radical (unpaired) electrons. The van der Waals surface area contributed by atoms with Crippen molar-refractivity contribution < 1.29 is 14.7 Å². The van der Waals surface area contributed by atoms with Gasteiger partial charge in [-0.1, -0.05) is 30.3 Å². The van der Waals surface area contributed by atoms with Crippen molar-refractivity contribution in [2.75, 3.05) is 38.7 Å². The number of aliphatic hydroxyl groups excluding tert-OH is 1. The molecule has 1 aliphatic heterocycles. The Balaban J connectivity index is 1.47. The van der Waals surface area contributed by atoms with E-state index in [-0.39, 0.29) is 36.1 Å². The van der Waals surface area contributed by atoms with Gasteiger partial charge < -0.3 is 15.7 Å². The predicted molar refractivity (Wildman–Crippen MR) is 120 cm³/mol. The van der Waals surface area contributed by atoms with Crippen LogP contribution in [0.3, 0.4) is 0 Å². The summed E-state index contributed by atoms with van der Waals surface area (Å²) in [6, 6.07) is 10.4. The number of benzene rings is 1. The molecule has 1 spiro atoms. The van der Waals surface area contributed by atoms with Crippen molar-refractivity contribution in [3.05, 3.63) is 54.1 Å². The lowest BCUT2D eigenvalue weighted by molar-refractivity contribution is 0.0658. The maximum Gasteiger partial charge on any atom is 0.322 e. The second kappa shape index (κ2) is 8.84. The summed E-state index contributed by atoms with van der Waals surface area (Å²) in [6.45, 7) is 0.529. The van der Waals surface area contributed by atoms with E-state index in [0.29, 0.717) is 12.2 Å². The van der Waals surface area contributed by atoms with Crippen molar-refractivity contribution in [1.29, 1.82) is 0 Å². The molecule has 32 heavy (non-hydrogen) atoms. The SMILES string of the molecule is CN(C)[C@]1(c2ccccc2)CC[C@]2(CC1)CN(c1cnc(C(=O)NCCO)nc1)C(=O)N2. The topological polar surface area (TPSA) is 111 Å². The van der Waals surface area contributed by atoms with E-state index in [4.69, 9.17) is 5.11 Å². The second-order valence-corrected chi connectivity index (χ2v) is 8.83. The van der Waals surface area contributed by atoms with Gasteiger partial charge in [-0.2, -0.15) is 0 Å². The van der Waals surface area contributed by atoms with Gasteiger partial charge in [0.25, 0.3) is 5.91 Å². The molecule has 3 N–H and O–H groups in total. The number of hydrogen-bond donors (Lipinski definition) is 3.